The molecule has 2 atom stereocenters. The lowest BCUT2D eigenvalue weighted by Gasteiger charge is -2.33. The maximum Gasteiger partial charge on any atom is 0.416 e. The first kappa shape index (κ1) is 31.9. The summed E-state index contributed by atoms with van der Waals surface area (Å²) in [6.45, 7) is 3.76. The number of sulfonamides is 1. The number of hydrogen-bond acceptors (Lipinski definition) is 6. The molecule has 1 aliphatic carbocycles. The first-order valence-corrected chi connectivity index (χ1v) is 14.7. The number of nitrogens with two attached hydrogens (primary N) is 1. The minimum atomic E-state index is -4.65. The van der Waals surface area contributed by atoms with Gasteiger partial charge in [0.2, 0.25) is 15.9 Å². The van der Waals surface area contributed by atoms with Gasteiger partial charge in [-0.3, -0.25) is 14.4 Å². The molecule has 2 unspecified atom stereocenters. The van der Waals surface area contributed by atoms with Crippen molar-refractivity contribution in [2.24, 2.45) is 11.1 Å². The molecule has 3 amide bonds. The Morgan fingerprint density at radius 2 is 1.56 bits per heavy atom. The predicted octanol–water partition coefficient (Wildman–Crippen LogP) is 3.01. The summed E-state index contributed by atoms with van der Waals surface area (Å²) >= 11 is 0. The van der Waals surface area contributed by atoms with E-state index in [1.807, 2.05) is 13.8 Å². The first-order chi connectivity index (χ1) is 19.1. The highest BCUT2D eigenvalue weighted by atomic mass is 32.2. The maximum atomic E-state index is 13.3. The van der Waals surface area contributed by atoms with Gasteiger partial charge in [-0.2, -0.15) is 13.2 Å². The van der Waals surface area contributed by atoms with Gasteiger partial charge in [0.1, 0.15) is 0 Å². The summed E-state index contributed by atoms with van der Waals surface area (Å²) in [4.78, 5) is 38.2. The molecular formula is C27H34F3N5O5S. The number of nitrogens with one attached hydrogen (secondary N) is 4. The van der Waals surface area contributed by atoms with E-state index in [0.29, 0.717) is 19.4 Å². The van der Waals surface area contributed by atoms with E-state index >= 15 is 0 Å². The van der Waals surface area contributed by atoms with Crippen molar-refractivity contribution in [1.82, 2.24) is 16.0 Å². The molecule has 1 saturated carbocycles. The smallest absolute Gasteiger partial charge is 0.384 e. The zero-order valence-corrected chi connectivity index (χ0v) is 23.5. The molecular weight excluding hydrogens is 563 g/mol. The van der Waals surface area contributed by atoms with Gasteiger partial charge in [-0.05, 0) is 61.2 Å². The molecule has 41 heavy (non-hydrogen) atoms. The van der Waals surface area contributed by atoms with Crippen molar-refractivity contribution >= 4 is 33.4 Å². The van der Waals surface area contributed by atoms with Crippen LogP contribution in [0, 0.1) is 5.92 Å². The van der Waals surface area contributed by atoms with Crippen molar-refractivity contribution in [2.45, 2.75) is 62.7 Å². The van der Waals surface area contributed by atoms with Crippen LogP contribution in [0.3, 0.4) is 0 Å². The molecule has 1 aliphatic rings. The Morgan fingerprint density at radius 3 is 2.12 bits per heavy atom. The van der Waals surface area contributed by atoms with E-state index in [0.717, 1.165) is 25.0 Å². The normalized spacial score (nSPS) is 17.5. The Labute approximate surface area is 236 Å². The number of anilines is 1. The third-order valence-corrected chi connectivity index (χ3v) is 7.50. The minimum absolute atomic E-state index is 0.133. The highest BCUT2D eigenvalue weighted by Crippen LogP contribution is 2.32. The summed E-state index contributed by atoms with van der Waals surface area (Å²) in [5, 5.41) is 16.1. The molecule has 3 rings (SSSR count). The molecule has 0 radical (unpaired) electrons. The van der Waals surface area contributed by atoms with Gasteiger partial charge in [-0.25, -0.2) is 13.6 Å². The van der Waals surface area contributed by atoms with E-state index < -0.39 is 58.1 Å². The second kappa shape index (κ2) is 13.3. The van der Waals surface area contributed by atoms with E-state index in [4.69, 9.17) is 5.14 Å². The molecule has 2 aromatic carbocycles. The lowest BCUT2D eigenvalue weighted by Crippen LogP contribution is -2.54. The van der Waals surface area contributed by atoms with Crippen molar-refractivity contribution in [2.75, 3.05) is 18.4 Å². The van der Waals surface area contributed by atoms with Gasteiger partial charge in [0.15, 0.2) is 0 Å². The van der Waals surface area contributed by atoms with Gasteiger partial charge in [0.25, 0.3) is 11.8 Å². The average Bonchev–Trinajstić information content (AvgIpc) is 2.90. The van der Waals surface area contributed by atoms with Gasteiger partial charge in [0.05, 0.1) is 22.6 Å². The average molecular weight is 598 g/mol. The number of primary sulfonamides is 1. The Kier molecular flexibility index (Phi) is 10.4. The summed E-state index contributed by atoms with van der Waals surface area (Å²) in [7, 11) is -3.90. The number of halogens is 3. The van der Waals surface area contributed by atoms with Crippen LogP contribution in [0.4, 0.5) is 18.9 Å². The maximum absolute atomic E-state index is 13.3. The van der Waals surface area contributed by atoms with Crippen LogP contribution in [-0.4, -0.2) is 51.3 Å². The number of rotatable bonds is 10. The molecule has 1 fully saturated rings. The quantitative estimate of drug-likeness (QED) is 0.283. The molecule has 14 heteroatoms. The van der Waals surface area contributed by atoms with Crippen molar-refractivity contribution in [1.29, 1.82) is 0 Å². The van der Waals surface area contributed by atoms with Crippen molar-refractivity contribution < 1.29 is 36.0 Å². The van der Waals surface area contributed by atoms with Gasteiger partial charge in [-0.1, -0.05) is 26.7 Å². The third kappa shape index (κ3) is 9.18. The molecule has 0 aromatic heterocycles. The highest BCUT2D eigenvalue weighted by molar-refractivity contribution is 7.89. The van der Waals surface area contributed by atoms with Gasteiger partial charge in [-0.15, -0.1) is 0 Å². The fraction of sp³-hybridized carbons (Fsp3) is 0.444. The number of carbonyl (C=O) groups excluding carboxylic acids is 3. The molecule has 224 valence electrons. The van der Waals surface area contributed by atoms with Crippen LogP contribution >= 0.6 is 0 Å². The summed E-state index contributed by atoms with van der Waals surface area (Å²) in [5.41, 5.74) is -0.785. The zero-order valence-electron chi connectivity index (χ0n) is 22.7. The summed E-state index contributed by atoms with van der Waals surface area (Å²) in [5.74, 6) is -1.69. The summed E-state index contributed by atoms with van der Waals surface area (Å²) < 4.78 is 62.7. The largest absolute Gasteiger partial charge is 0.416 e. The molecule has 2 aromatic rings. The Balaban J connectivity index is 1.63. The van der Waals surface area contributed by atoms with Crippen LogP contribution in [0.15, 0.2) is 47.4 Å². The van der Waals surface area contributed by atoms with Crippen LogP contribution in [0.25, 0.3) is 0 Å². The molecule has 0 aliphatic heterocycles. The number of amides is 3. The van der Waals surface area contributed by atoms with Crippen LogP contribution in [-0.2, 0) is 21.0 Å². The van der Waals surface area contributed by atoms with E-state index in [1.54, 1.807) is 0 Å². The third-order valence-electron chi connectivity index (χ3n) is 6.58. The lowest BCUT2D eigenvalue weighted by atomic mass is 9.90. The molecule has 0 heterocycles. The van der Waals surface area contributed by atoms with Gasteiger partial charge in [0, 0.05) is 29.9 Å². The summed E-state index contributed by atoms with van der Waals surface area (Å²) in [6, 6.07) is 7.07. The molecule has 0 saturated heterocycles. The fourth-order valence-corrected chi connectivity index (χ4v) is 4.93. The second-order valence-electron chi connectivity index (χ2n) is 10.3. The van der Waals surface area contributed by atoms with Crippen molar-refractivity contribution in [3.63, 3.8) is 0 Å². The minimum Gasteiger partial charge on any atom is -0.384 e. The molecule has 0 bridgehead atoms. The number of alkyl halides is 3. The molecule has 6 N–H and O–H groups in total. The van der Waals surface area contributed by atoms with Gasteiger partial charge < -0.3 is 21.3 Å². The number of carbonyl (C=O) groups is 3. The standard InChI is InChI=1S/C27H34F3N5O5S/c1-16(2)14-32-21-12-9-18(27(28,29)30)13-20(21)26(38)33-15-24(36)34-22-5-3-4-6-23(22)35-25(37)17-7-10-19(11-8-17)41(31,39)40/h7-13,16,22-23,32H,3-6,14-15H2,1-2H3,(H,33,38)(H,34,36)(H,35,37)(H2,31,39,40). The van der Waals surface area contributed by atoms with Gasteiger partial charge >= 0.3 is 6.18 Å². The molecule has 10 nitrogen and oxygen atoms in total. The van der Waals surface area contributed by atoms with Crippen LogP contribution in [0.1, 0.15) is 65.8 Å². The monoisotopic (exact) mass is 597 g/mol. The van der Waals surface area contributed by atoms with Crippen LogP contribution in [0.5, 0.6) is 0 Å². The number of benzene rings is 2. The Hall–Kier alpha value is -3.65. The van der Waals surface area contributed by atoms with E-state index in [1.165, 1.54) is 30.3 Å². The number of hydrogen-bond donors (Lipinski definition) is 5. The van der Waals surface area contributed by atoms with Crippen molar-refractivity contribution in [3.8, 4) is 0 Å². The zero-order chi connectivity index (χ0) is 30.4. The topological polar surface area (TPSA) is 159 Å². The Bertz CT molecular complexity index is 1360. The van der Waals surface area contributed by atoms with Crippen LogP contribution < -0.4 is 26.4 Å². The first-order valence-electron chi connectivity index (χ1n) is 13.1. The van der Waals surface area contributed by atoms with E-state index in [9.17, 15) is 36.0 Å². The van der Waals surface area contributed by atoms with Crippen LogP contribution in [0.2, 0.25) is 0 Å². The van der Waals surface area contributed by atoms with E-state index in [-0.39, 0.29) is 27.6 Å². The lowest BCUT2D eigenvalue weighted by molar-refractivity contribution is -0.137. The molecule has 0 spiro atoms. The Morgan fingerprint density at radius 1 is 0.951 bits per heavy atom. The van der Waals surface area contributed by atoms with E-state index in [2.05, 4.69) is 21.3 Å². The summed E-state index contributed by atoms with van der Waals surface area (Å²) in [6.07, 6.45) is -1.91. The predicted molar refractivity (Wildman–Crippen MR) is 147 cm³/mol. The fourth-order valence-electron chi connectivity index (χ4n) is 4.41. The van der Waals surface area contributed by atoms with Crippen molar-refractivity contribution in [3.05, 3.63) is 59.2 Å². The highest BCUT2D eigenvalue weighted by Gasteiger charge is 2.32. The SMILES string of the molecule is CC(C)CNc1ccc(C(F)(F)F)cc1C(=O)NCC(=O)NC1CCCCC1NC(=O)c1ccc(S(N)(=O)=O)cc1. The second-order valence-corrected chi connectivity index (χ2v) is 11.9.